The van der Waals surface area contributed by atoms with Gasteiger partial charge >= 0.3 is 0 Å². The lowest BCUT2D eigenvalue weighted by Crippen LogP contribution is -2.42. The van der Waals surface area contributed by atoms with E-state index in [-0.39, 0.29) is 0 Å². The molecule has 6 heteroatoms. The Hall–Kier alpha value is -0.880. The Balaban J connectivity index is 3.96. The van der Waals surface area contributed by atoms with Crippen LogP contribution in [0.5, 0.6) is 0 Å². The molecule has 8 heavy (non-hydrogen) atoms. The Bertz CT molecular complexity index is 94.2. The smallest absolute Gasteiger partial charge is 0.112 e. The zero-order valence-corrected chi connectivity index (χ0v) is 4.66. The van der Waals surface area contributed by atoms with Gasteiger partial charge in [0.15, 0.2) is 0 Å². The van der Waals surface area contributed by atoms with Gasteiger partial charge in [0, 0.05) is 7.05 Å². The number of nitrogens with zero attached hydrogens (tertiary/aromatic N) is 3. The van der Waals surface area contributed by atoms with Crippen molar-refractivity contribution in [1.82, 2.24) is 5.43 Å². The summed E-state index contributed by atoms with van der Waals surface area (Å²) in [5.74, 6) is 0. The molecule has 0 rings (SSSR count). The summed E-state index contributed by atoms with van der Waals surface area (Å²) in [6.07, 6.45) is 0. The van der Waals surface area contributed by atoms with Crippen molar-refractivity contribution in [1.29, 1.82) is 0 Å². The maximum atomic E-state index is 9.65. The maximum absolute atomic E-state index is 9.65. The van der Waals surface area contributed by atoms with Gasteiger partial charge in [-0.25, -0.2) is 0 Å². The van der Waals surface area contributed by atoms with Gasteiger partial charge < -0.3 is 0 Å². The number of hydrogen-bond acceptors (Lipinski definition) is 5. The number of quaternary nitrogens is 1. The van der Waals surface area contributed by atoms with Gasteiger partial charge in [-0.3, -0.25) is 0 Å². The lowest BCUT2D eigenvalue weighted by atomic mass is 11.2. The van der Waals surface area contributed by atoms with Gasteiger partial charge in [0.1, 0.15) is 7.05 Å². The van der Waals surface area contributed by atoms with E-state index in [1.54, 1.807) is 0 Å². The van der Waals surface area contributed by atoms with Crippen LogP contribution in [-0.4, -0.2) is 18.9 Å². The molecule has 0 radical (unpaired) electrons. The molecule has 0 fully saturated rings. The molecular formula is C2H7N4O2+. The average Bonchev–Trinajstić information content (AvgIpc) is 1.87. The number of nitrogens with one attached hydrogen (secondary N) is 1. The molecule has 0 aromatic carbocycles. The maximum Gasteiger partial charge on any atom is 0.207 e. The molecule has 0 aliphatic carbocycles. The predicted molar refractivity (Wildman–Crippen MR) is 26.8 cm³/mol. The molecule has 1 N–H and O–H groups in total. The third-order valence-electron chi connectivity index (χ3n) is 0.742. The lowest BCUT2D eigenvalue weighted by Gasteiger charge is -2.06. The van der Waals surface area contributed by atoms with E-state index >= 15 is 0 Å². The predicted octanol–water partition coefficient (Wildman–Crippen LogP) is -0.0698. The summed E-state index contributed by atoms with van der Waals surface area (Å²) in [6, 6.07) is 0. The van der Waals surface area contributed by atoms with Gasteiger partial charge in [-0.15, -0.1) is 5.43 Å². The van der Waals surface area contributed by atoms with Crippen LogP contribution < -0.4 is 5.43 Å². The summed E-state index contributed by atoms with van der Waals surface area (Å²) in [5.41, 5.74) is 2.26. The van der Waals surface area contributed by atoms with E-state index in [1.807, 2.05) is 0 Å². The van der Waals surface area contributed by atoms with E-state index in [4.69, 9.17) is 0 Å². The topological polar surface area (TPSA) is 70.9 Å². The molecule has 46 valence electrons. The van der Waals surface area contributed by atoms with Gasteiger partial charge in [-0.1, -0.05) is 9.81 Å². The SMILES string of the molecule is CN[N+](C)(N=O)N=O. The van der Waals surface area contributed by atoms with Crippen LogP contribution in [-0.2, 0) is 0 Å². The average molecular weight is 119 g/mol. The second-order valence-corrected chi connectivity index (χ2v) is 1.30. The van der Waals surface area contributed by atoms with E-state index in [2.05, 4.69) is 16.0 Å². The number of hydrogen-bond donors (Lipinski definition) is 1. The fourth-order valence-electron chi connectivity index (χ4n) is 0.0966. The molecule has 0 amide bonds. The minimum atomic E-state index is -0.903. The van der Waals surface area contributed by atoms with Gasteiger partial charge in [0.05, 0.1) is 4.81 Å². The van der Waals surface area contributed by atoms with Crippen LogP contribution in [0.15, 0.2) is 10.6 Å². The van der Waals surface area contributed by atoms with E-state index in [9.17, 15) is 9.81 Å². The highest BCUT2D eigenvalue weighted by Crippen LogP contribution is 1.94. The van der Waals surface area contributed by atoms with Crippen LogP contribution in [0.2, 0.25) is 0 Å². The van der Waals surface area contributed by atoms with Crippen LogP contribution in [0.3, 0.4) is 0 Å². The Kier molecular flexibility index (Phi) is 2.17. The first-order valence-electron chi connectivity index (χ1n) is 1.94. The highest BCUT2D eigenvalue weighted by molar-refractivity contribution is 4.07. The fraction of sp³-hybridized carbons (Fsp3) is 1.00. The van der Waals surface area contributed by atoms with E-state index in [1.165, 1.54) is 14.1 Å². The monoisotopic (exact) mass is 119 g/mol. The van der Waals surface area contributed by atoms with Crippen LogP contribution in [0.1, 0.15) is 0 Å². The van der Waals surface area contributed by atoms with Crippen molar-refractivity contribution >= 4 is 0 Å². The molecule has 0 saturated carbocycles. The lowest BCUT2D eigenvalue weighted by molar-refractivity contribution is -0.966. The molecule has 0 spiro atoms. The van der Waals surface area contributed by atoms with Crippen molar-refractivity contribution in [3.63, 3.8) is 0 Å². The first-order chi connectivity index (χ1) is 3.68. The van der Waals surface area contributed by atoms with Gasteiger partial charge in [0.25, 0.3) is 0 Å². The molecule has 0 aromatic heterocycles. The highest BCUT2D eigenvalue weighted by atomic mass is 16.4. The van der Waals surface area contributed by atoms with E-state index < -0.39 is 4.81 Å². The van der Waals surface area contributed by atoms with Gasteiger partial charge in [0.2, 0.25) is 10.6 Å². The summed E-state index contributed by atoms with van der Waals surface area (Å²) in [4.78, 5) is 18.4. The summed E-state index contributed by atoms with van der Waals surface area (Å²) < 4.78 is 0. The van der Waals surface area contributed by atoms with Crippen molar-refractivity contribution in [2.24, 2.45) is 10.6 Å². The van der Waals surface area contributed by atoms with Crippen molar-refractivity contribution in [2.45, 2.75) is 0 Å². The van der Waals surface area contributed by atoms with Gasteiger partial charge in [-0.05, 0) is 0 Å². The molecule has 0 aromatic rings. The largest absolute Gasteiger partial charge is 0.207 e. The molecule has 0 heterocycles. The quantitative estimate of drug-likeness (QED) is 0.321. The van der Waals surface area contributed by atoms with E-state index in [0.29, 0.717) is 0 Å². The second-order valence-electron chi connectivity index (χ2n) is 1.30. The molecule has 0 atom stereocenters. The minimum absolute atomic E-state index is 0.903. The minimum Gasteiger partial charge on any atom is -0.112 e. The Morgan fingerprint density at radius 1 is 1.38 bits per heavy atom. The van der Waals surface area contributed by atoms with Crippen LogP contribution in [0.4, 0.5) is 0 Å². The van der Waals surface area contributed by atoms with Crippen molar-refractivity contribution in [3.8, 4) is 0 Å². The molecule has 0 saturated heterocycles. The number of nitroso groups, excluding NO2 is 2. The van der Waals surface area contributed by atoms with E-state index in [0.717, 1.165) is 0 Å². The fourth-order valence-corrected chi connectivity index (χ4v) is 0.0966. The zero-order valence-electron chi connectivity index (χ0n) is 4.66. The van der Waals surface area contributed by atoms with Crippen molar-refractivity contribution in [3.05, 3.63) is 9.81 Å². The van der Waals surface area contributed by atoms with Crippen molar-refractivity contribution in [2.75, 3.05) is 14.1 Å². The Morgan fingerprint density at radius 2 is 1.75 bits per heavy atom. The van der Waals surface area contributed by atoms with Crippen LogP contribution in [0.25, 0.3) is 0 Å². The van der Waals surface area contributed by atoms with Crippen LogP contribution >= 0.6 is 0 Å². The Morgan fingerprint density at radius 3 is 1.75 bits per heavy atom. The third-order valence-corrected chi connectivity index (χ3v) is 0.742. The molecular weight excluding hydrogens is 112 g/mol. The molecule has 0 aliphatic rings. The second kappa shape index (κ2) is 2.43. The molecule has 6 nitrogen and oxygen atoms in total. The Labute approximate surface area is 45.9 Å². The molecule has 0 unspecified atom stereocenters. The first-order valence-corrected chi connectivity index (χ1v) is 1.94. The first kappa shape index (κ1) is 7.12. The standard InChI is InChI=1S/C2H7N4O2/c1-3-6(2,4-7)5-8/h3H,1-2H3/q+1. The summed E-state index contributed by atoms with van der Waals surface area (Å²) in [6.45, 7) is 0. The summed E-state index contributed by atoms with van der Waals surface area (Å²) in [7, 11) is 2.63. The highest BCUT2D eigenvalue weighted by Gasteiger charge is 2.21. The van der Waals surface area contributed by atoms with Gasteiger partial charge in [-0.2, -0.15) is 0 Å². The number of rotatable bonds is 3. The van der Waals surface area contributed by atoms with Crippen molar-refractivity contribution < 1.29 is 4.81 Å². The summed E-state index contributed by atoms with van der Waals surface area (Å²) in [5, 5.41) is 4.71. The normalized spacial score (nSPS) is 10.8. The molecule has 0 bridgehead atoms. The molecule has 0 aliphatic heterocycles. The summed E-state index contributed by atoms with van der Waals surface area (Å²) >= 11 is 0. The zero-order chi connectivity index (χ0) is 6.62. The van der Waals surface area contributed by atoms with Crippen LogP contribution in [0, 0.1) is 9.81 Å². The third kappa shape index (κ3) is 1.32.